The first-order valence-corrected chi connectivity index (χ1v) is 8.40. The molecule has 1 amide bonds. The molecule has 0 atom stereocenters. The Hall–Kier alpha value is -1.11. The minimum absolute atomic E-state index is 0.0928. The molecule has 0 aromatic heterocycles. The SMILES string of the molecule is CN(Cc1ccc(C(N)=O)cc1)S(=O)(=O)CCCCCl. The third-order valence-corrected chi connectivity index (χ3v) is 5.06. The lowest BCUT2D eigenvalue weighted by molar-refractivity contribution is 0.100. The van der Waals surface area contributed by atoms with Crippen molar-refractivity contribution in [2.45, 2.75) is 19.4 Å². The van der Waals surface area contributed by atoms with Crippen LogP contribution in [0.25, 0.3) is 0 Å². The normalized spacial score (nSPS) is 11.8. The molecule has 0 spiro atoms. The zero-order valence-corrected chi connectivity index (χ0v) is 13.0. The van der Waals surface area contributed by atoms with Crippen molar-refractivity contribution in [2.75, 3.05) is 18.7 Å². The molecule has 20 heavy (non-hydrogen) atoms. The maximum absolute atomic E-state index is 12.0. The van der Waals surface area contributed by atoms with Gasteiger partial charge in [0.25, 0.3) is 0 Å². The fraction of sp³-hybridized carbons (Fsp3) is 0.462. The molecule has 5 nitrogen and oxygen atoms in total. The molecule has 0 aliphatic rings. The Morgan fingerprint density at radius 3 is 2.35 bits per heavy atom. The smallest absolute Gasteiger partial charge is 0.248 e. The Balaban J connectivity index is 2.65. The summed E-state index contributed by atoms with van der Waals surface area (Å²) in [5.41, 5.74) is 6.35. The first-order chi connectivity index (χ1) is 9.36. The number of rotatable bonds is 8. The van der Waals surface area contributed by atoms with Crippen molar-refractivity contribution >= 4 is 27.5 Å². The monoisotopic (exact) mass is 318 g/mol. The molecule has 1 aromatic carbocycles. The Labute approximate surface area is 124 Å². The Morgan fingerprint density at radius 2 is 1.85 bits per heavy atom. The number of nitrogens with two attached hydrogens (primary N) is 1. The molecule has 2 N–H and O–H groups in total. The van der Waals surface area contributed by atoms with E-state index >= 15 is 0 Å². The lowest BCUT2D eigenvalue weighted by atomic mass is 10.1. The summed E-state index contributed by atoms with van der Waals surface area (Å²) in [6.07, 6.45) is 1.23. The van der Waals surface area contributed by atoms with E-state index in [4.69, 9.17) is 17.3 Å². The van der Waals surface area contributed by atoms with E-state index in [1.807, 2.05) is 0 Å². The summed E-state index contributed by atoms with van der Waals surface area (Å²) in [4.78, 5) is 10.9. The zero-order chi connectivity index (χ0) is 15.2. The number of benzene rings is 1. The summed E-state index contributed by atoms with van der Waals surface area (Å²) in [5, 5.41) is 0. The molecule has 0 saturated heterocycles. The molecule has 0 saturated carbocycles. The number of alkyl halides is 1. The maximum Gasteiger partial charge on any atom is 0.248 e. The van der Waals surface area contributed by atoms with Crippen LogP contribution in [0.15, 0.2) is 24.3 Å². The van der Waals surface area contributed by atoms with Crippen LogP contribution in [0.4, 0.5) is 0 Å². The van der Waals surface area contributed by atoms with Crippen LogP contribution in [0, 0.1) is 0 Å². The molecule has 0 heterocycles. The Kier molecular flexibility index (Phi) is 6.45. The number of amides is 1. The van der Waals surface area contributed by atoms with Gasteiger partial charge in [-0.1, -0.05) is 12.1 Å². The van der Waals surface area contributed by atoms with Crippen LogP contribution < -0.4 is 5.73 Å². The largest absolute Gasteiger partial charge is 0.366 e. The van der Waals surface area contributed by atoms with Crippen LogP contribution >= 0.6 is 11.6 Å². The number of hydrogen-bond acceptors (Lipinski definition) is 3. The number of nitrogens with zero attached hydrogens (tertiary/aromatic N) is 1. The van der Waals surface area contributed by atoms with Crippen molar-refractivity contribution in [2.24, 2.45) is 5.73 Å². The molecule has 0 fully saturated rings. The Bertz CT molecular complexity index is 543. The summed E-state index contributed by atoms with van der Waals surface area (Å²) >= 11 is 5.53. The number of sulfonamides is 1. The van der Waals surface area contributed by atoms with Crippen LogP contribution in [0.1, 0.15) is 28.8 Å². The molecule has 1 aromatic rings. The van der Waals surface area contributed by atoms with E-state index in [-0.39, 0.29) is 12.3 Å². The standard InChI is InChI=1S/C13H19ClN2O3S/c1-16(20(18,19)9-3-2-8-14)10-11-4-6-12(7-5-11)13(15)17/h4-7H,2-3,8-10H2,1H3,(H2,15,17). The van der Waals surface area contributed by atoms with Crippen LogP contribution in [-0.4, -0.2) is 37.3 Å². The molecule has 1 rings (SSSR count). The first kappa shape index (κ1) is 16.9. The lowest BCUT2D eigenvalue weighted by Gasteiger charge is -2.17. The quantitative estimate of drug-likeness (QED) is 0.583. The van der Waals surface area contributed by atoms with E-state index < -0.39 is 15.9 Å². The molecule has 0 bridgehead atoms. The van der Waals surface area contributed by atoms with Crippen LogP contribution in [-0.2, 0) is 16.6 Å². The summed E-state index contributed by atoms with van der Waals surface area (Å²) in [5.74, 6) is 0.0576. The highest BCUT2D eigenvalue weighted by molar-refractivity contribution is 7.89. The van der Waals surface area contributed by atoms with Crippen LogP contribution in [0.5, 0.6) is 0 Å². The molecular formula is C13H19ClN2O3S. The van der Waals surface area contributed by atoms with Gasteiger partial charge in [0.1, 0.15) is 0 Å². The van der Waals surface area contributed by atoms with Gasteiger partial charge in [-0.2, -0.15) is 0 Å². The minimum Gasteiger partial charge on any atom is -0.366 e. The number of carbonyl (C=O) groups is 1. The molecular weight excluding hydrogens is 300 g/mol. The summed E-state index contributed by atoms with van der Waals surface area (Å²) in [6, 6.07) is 6.58. The molecule has 112 valence electrons. The van der Waals surface area contributed by atoms with E-state index in [2.05, 4.69) is 0 Å². The van der Waals surface area contributed by atoms with E-state index in [0.717, 1.165) is 5.56 Å². The van der Waals surface area contributed by atoms with Gasteiger partial charge < -0.3 is 5.73 Å². The second kappa shape index (κ2) is 7.61. The average molecular weight is 319 g/mol. The third-order valence-electron chi connectivity index (χ3n) is 2.90. The maximum atomic E-state index is 12.0. The molecule has 7 heteroatoms. The highest BCUT2D eigenvalue weighted by atomic mass is 35.5. The van der Waals surface area contributed by atoms with Crippen molar-refractivity contribution in [3.63, 3.8) is 0 Å². The fourth-order valence-corrected chi connectivity index (χ4v) is 3.08. The van der Waals surface area contributed by atoms with Gasteiger partial charge in [0.15, 0.2) is 0 Å². The highest BCUT2D eigenvalue weighted by Gasteiger charge is 2.17. The summed E-state index contributed by atoms with van der Waals surface area (Å²) in [7, 11) is -1.73. The third kappa shape index (κ3) is 5.11. The number of unbranched alkanes of at least 4 members (excludes halogenated alkanes) is 1. The van der Waals surface area contributed by atoms with Crippen molar-refractivity contribution in [3.8, 4) is 0 Å². The van der Waals surface area contributed by atoms with Crippen molar-refractivity contribution < 1.29 is 13.2 Å². The minimum atomic E-state index is -3.27. The second-order valence-electron chi connectivity index (χ2n) is 4.53. The number of carbonyl (C=O) groups excluding carboxylic acids is 1. The number of hydrogen-bond donors (Lipinski definition) is 1. The van der Waals surface area contributed by atoms with Crippen molar-refractivity contribution in [1.29, 1.82) is 0 Å². The first-order valence-electron chi connectivity index (χ1n) is 6.25. The van der Waals surface area contributed by atoms with Crippen LogP contribution in [0.2, 0.25) is 0 Å². The van der Waals surface area contributed by atoms with Gasteiger partial charge in [-0.05, 0) is 30.5 Å². The predicted octanol–water partition coefficient (Wildman–Crippen LogP) is 1.57. The second-order valence-corrected chi connectivity index (χ2v) is 7.10. The molecule has 0 unspecified atom stereocenters. The van der Waals surface area contributed by atoms with Gasteiger partial charge in [-0.25, -0.2) is 12.7 Å². The number of primary amides is 1. The topological polar surface area (TPSA) is 80.5 Å². The van der Waals surface area contributed by atoms with E-state index in [1.54, 1.807) is 24.3 Å². The summed E-state index contributed by atoms with van der Waals surface area (Å²) in [6.45, 7) is 0.266. The summed E-state index contributed by atoms with van der Waals surface area (Å²) < 4.78 is 25.3. The van der Waals surface area contributed by atoms with Gasteiger partial charge in [0.2, 0.25) is 15.9 Å². The van der Waals surface area contributed by atoms with Crippen molar-refractivity contribution in [1.82, 2.24) is 4.31 Å². The van der Waals surface area contributed by atoms with Gasteiger partial charge in [0.05, 0.1) is 5.75 Å². The van der Waals surface area contributed by atoms with E-state index in [1.165, 1.54) is 11.4 Å². The Morgan fingerprint density at radius 1 is 1.25 bits per heavy atom. The van der Waals surface area contributed by atoms with Gasteiger partial charge >= 0.3 is 0 Å². The lowest BCUT2D eigenvalue weighted by Crippen LogP contribution is -2.28. The zero-order valence-electron chi connectivity index (χ0n) is 11.4. The van der Waals surface area contributed by atoms with E-state index in [9.17, 15) is 13.2 Å². The van der Waals surface area contributed by atoms with Gasteiger partial charge in [0, 0.05) is 25.0 Å². The number of halogens is 1. The van der Waals surface area contributed by atoms with E-state index in [0.29, 0.717) is 24.3 Å². The predicted molar refractivity (Wildman–Crippen MR) is 80.2 cm³/mol. The molecule has 0 radical (unpaired) electrons. The van der Waals surface area contributed by atoms with Crippen LogP contribution in [0.3, 0.4) is 0 Å². The highest BCUT2D eigenvalue weighted by Crippen LogP contribution is 2.11. The molecule has 0 aliphatic carbocycles. The van der Waals surface area contributed by atoms with Gasteiger partial charge in [-0.3, -0.25) is 4.79 Å². The van der Waals surface area contributed by atoms with Gasteiger partial charge in [-0.15, -0.1) is 11.6 Å². The molecule has 0 aliphatic heterocycles. The van der Waals surface area contributed by atoms with Crippen molar-refractivity contribution in [3.05, 3.63) is 35.4 Å². The fourth-order valence-electron chi connectivity index (χ4n) is 1.66. The average Bonchev–Trinajstić information content (AvgIpc) is 2.39.